The van der Waals surface area contributed by atoms with E-state index in [-0.39, 0.29) is 0 Å². The first-order chi connectivity index (χ1) is 8.34. The molecule has 0 amide bonds. The standard InChI is InChI=1S/C10H11N5S2/c16-9(14-10-12-6-7-17-10)11-5-3-8-2-1-4-13-15-8/h1-2,4,6-7H,3,5H2,(H2,11,12,14,16). The zero-order valence-electron chi connectivity index (χ0n) is 8.96. The molecule has 0 saturated carbocycles. The number of nitrogens with one attached hydrogen (secondary N) is 2. The molecule has 7 heteroatoms. The van der Waals surface area contributed by atoms with Crippen LogP contribution in [0.2, 0.25) is 0 Å². The maximum atomic E-state index is 5.13. The third-order valence-electron chi connectivity index (χ3n) is 1.95. The Morgan fingerprint density at radius 3 is 3.06 bits per heavy atom. The molecule has 2 rings (SSSR count). The summed E-state index contributed by atoms with van der Waals surface area (Å²) in [5.41, 5.74) is 0.942. The Bertz CT molecular complexity index is 457. The maximum Gasteiger partial charge on any atom is 0.188 e. The van der Waals surface area contributed by atoms with Crippen molar-refractivity contribution in [1.29, 1.82) is 0 Å². The van der Waals surface area contributed by atoms with Crippen LogP contribution in [0.5, 0.6) is 0 Å². The third kappa shape index (κ3) is 4.04. The van der Waals surface area contributed by atoms with Gasteiger partial charge in [-0.25, -0.2) is 4.98 Å². The molecule has 5 nitrogen and oxygen atoms in total. The van der Waals surface area contributed by atoms with Gasteiger partial charge in [0.15, 0.2) is 10.2 Å². The van der Waals surface area contributed by atoms with Crippen molar-refractivity contribution in [2.24, 2.45) is 0 Å². The minimum atomic E-state index is 0.573. The predicted octanol–water partition coefficient (Wildman–Crippen LogP) is 1.46. The lowest BCUT2D eigenvalue weighted by molar-refractivity contribution is 0.818. The topological polar surface area (TPSA) is 62.7 Å². The molecule has 2 N–H and O–H groups in total. The van der Waals surface area contributed by atoms with Gasteiger partial charge in [-0.15, -0.1) is 11.3 Å². The molecular weight excluding hydrogens is 254 g/mol. The van der Waals surface area contributed by atoms with Crippen molar-refractivity contribution in [3.8, 4) is 0 Å². The highest BCUT2D eigenvalue weighted by Gasteiger charge is 1.99. The van der Waals surface area contributed by atoms with Crippen LogP contribution in [0.25, 0.3) is 0 Å². The molecule has 0 aliphatic rings. The smallest absolute Gasteiger partial charge is 0.188 e. The van der Waals surface area contributed by atoms with Gasteiger partial charge in [-0.2, -0.15) is 10.2 Å². The van der Waals surface area contributed by atoms with E-state index in [0.29, 0.717) is 5.11 Å². The average molecular weight is 265 g/mol. The van der Waals surface area contributed by atoms with Crippen LogP contribution in [-0.2, 0) is 6.42 Å². The van der Waals surface area contributed by atoms with E-state index in [0.717, 1.165) is 23.8 Å². The zero-order chi connectivity index (χ0) is 11.9. The molecule has 2 heterocycles. The van der Waals surface area contributed by atoms with Gasteiger partial charge in [-0.05, 0) is 24.4 Å². The lowest BCUT2D eigenvalue weighted by atomic mass is 10.3. The molecule has 0 aliphatic carbocycles. The molecule has 0 saturated heterocycles. The van der Waals surface area contributed by atoms with E-state index >= 15 is 0 Å². The summed E-state index contributed by atoms with van der Waals surface area (Å²) in [5.74, 6) is 0. The van der Waals surface area contributed by atoms with Gasteiger partial charge in [0.1, 0.15) is 0 Å². The molecule has 0 bridgehead atoms. The summed E-state index contributed by atoms with van der Waals surface area (Å²) in [6.45, 7) is 0.718. The van der Waals surface area contributed by atoms with Crippen molar-refractivity contribution < 1.29 is 0 Å². The highest BCUT2D eigenvalue weighted by molar-refractivity contribution is 7.80. The van der Waals surface area contributed by atoms with E-state index in [1.54, 1.807) is 12.4 Å². The number of thiocarbonyl (C=S) groups is 1. The van der Waals surface area contributed by atoms with Crippen molar-refractivity contribution >= 4 is 33.8 Å². The van der Waals surface area contributed by atoms with Gasteiger partial charge in [0.25, 0.3) is 0 Å². The SMILES string of the molecule is S=C(NCCc1cccnn1)Nc1nccs1. The summed E-state index contributed by atoms with van der Waals surface area (Å²) in [6.07, 6.45) is 4.17. The monoisotopic (exact) mass is 265 g/mol. The van der Waals surface area contributed by atoms with Gasteiger partial charge in [-0.1, -0.05) is 0 Å². The molecule has 0 spiro atoms. The second-order valence-corrected chi connectivity index (χ2v) is 4.49. The first kappa shape index (κ1) is 11.9. The zero-order valence-corrected chi connectivity index (χ0v) is 10.6. The summed E-state index contributed by atoms with van der Waals surface area (Å²) in [7, 11) is 0. The fourth-order valence-electron chi connectivity index (χ4n) is 1.20. The van der Waals surface area contributed by atoms with Crippen LogP contribution in [-0.4, -0.2) is 26.8 Å². The molecule has 0 fully saturated rings. The Labute approximate surface area is 108 Å². The molecule has 0 aromatic carbocycles. The Morgan fingerprint density at radius 1 is 1.41 bits per heavy atom. The molecule has 0 radical (unpaired) electrons. The van der Waals surface area contributed by atoms with Crippen LogP contribution < -0.4 is 10.6 Å². The third-order valence-corrected chi connectivity index (χ3v) is 2.88. The summed E-state index contributed by atoms with van der Waals surface area (Å²) in [5, 5.41) is 17.1. The van der Waals surface area contributed by atoms with Gasteiger partial charge in [-0.3, -0.25) is 0 Å². The van der Waals surface area contributed by atoms with Gasteiger partial charge < -0.3 is 10.6 Å². The molecule has 0 atom stereocenters. The highest BCUT2D eigenvalue weighted by atomic mass is 32.1. The first-order valence-corrected chi connectivity index (χ1v) is 6.34. The van der Waals surface area contributed by atoms with Crippen LogP contribution in [0.15, 0.2) is 29.9 Å². The largest absolute Gasteiger partial charge is 0.362 e. The fourth-order valence-corrected chi connectivity index (χ4v) is 1.99. The predicted molar refractivity (Wildman–Crippen MR) is 72.1 cm³/mol. The van der Waals surface area contributed by atoms with Crippen molar-refractivity contribution in [3.05, 3.63) is 35.6 Å². The van der Waals surface area contributed by atoms with Gasteiger partial charge in [0.05, 0.1) is 5.69 Å². The normalized spacial score (nSPS) is 9.88. The summed E-state index contributed by atoms with van der Waals surface area (Å²) in [4.78, 5) is 4.08. The molecule has 0 unspecified atom stereocenters. The van der Waals surface area contributed by atoms with Crippen LogP contribution >= 0.6 is 23.6 Å². The number of hydrogen-bond donors (Lipinski definition) is 2. The van der Waals surface area contributed by atoms with E-state index < -0.39 is 0 Å². The van der Waals surface area contributed by atoms with Gasteiger partial charge in [0, 0.05) is 30.7 Å². The first-order valence-electron chi connectivity index (χ1n) is 5.05. The van der Waals surface area contributed by atoms with Crippen LogP contribution in [0.4, 0.5) is 5.13 Å². The molecule has 2 aromatic heterocycles. The van der Waals surface area contributed by atoms with E-state index in [1.165, 1.54) is 11.3 Å². The van der Waals surface area contributed by atoms with Crippen molar-refractivity contribution in [2.75, 3.05) is 11.9 Å². The van der Waals surface area contributed by atoms with Crippen molar-refractivity contribution in [1.82, 2.24) is 20.5 Å². The quantitative estimate of drug-likeness (QED) is 0.816. The number of aromatic nitrogens is 3. The second kappa shape index (κ2) is 6.21. The lowest BCUT2D eigenvalue weighted by Crippen LogP contribution is -2.30. The van der Waals surface area contributed by atoms with Crippen molar-refractivity contribution in [3.63, 3.8) is 0 Å². The lowest BCUT2D eigenvalue weighted by Gasteiger charge is -2.07. The van der Waals surface area contributed by atoms with Crippen molar-refractivity contribution in [2.45, 2.75) is 6.42 Å². The van der Waals surface area contributed by atoms with Crippen LogP contribution in [0.3, 0.4) is 0 Å². The van der Waals surface area contributed by atoms with Crippen LogP contribution in [0.1, 0.15) is 5.69 Å². The highest BCUT2D eigenvalue weighted by Crippen LogP contribution is 2.09. The summed E-state index contributed by atoms with van der Waals surface area (Å²) < 4.78 is 0. The molecule has 0 aliphatic heterocycles. The molecular formula is C10H11N5S2. The summed E-state index contributed by atoms with van der Waals surface area (Å²) in [6, 6.07) is 3.81. The Hall–Kier alpha value is -1.60. The van der Waals surface area contributed by atoms with E-state index in [1.807, 2.05) is 17.5 Å². The molecule has 17 heavy (non-hydrogen) atoms. The minimum Gasteiger partial charge on any atom is -0.362 e. The van der Waals surface area contributed by atoms with E-state index in [9.17, 15) is 0 Å². The molecule has 2 aromatic rings. The maximum absolute atomic E-state index is 5.13. The summed E-state index contributed by atoms with van der Waals surface area (Å²) >= 11 is 6.63. The van der Waals surface area contributed by atoms with E-state index in [4.69, 9.17) is 12.2 Å². The Morgan fingerprint density at radius 2 is 2.35 bits per heavy atom. The van der Waals surface area contributed by atoms with E-state index in [2.05, 4.69) is 25.8 Å². The second-order valence-electron chi connectivity index (χ2n) is 3.18. The number of rotatable bonds is 4. The number of nitrogens with zero attached hydrogens (tertiary/aromatic N) is 3. The number of anilines is 1. The number of thiazole rings is 1. The Balaban J connectivity index is 1.70. The Kier molecular flexibility index (Phi) is 4.34. The van der Waals surface area contributed by atoms with Gasteiger partial charge in [0.2, 0.25) is 0 Å². The van der Waals surface area contributed by atoms with Gasteiger partial charge >= 0.3 is 0 Å². The number of hydrogen-bond acceptors (Lipinski definition) is 5. The minimum absolute atomic E-state index is 0.573. The van der Waals surface area contributed by atoms with Crippen LogP contribution in [0, 0.1) is 0 Å². The molecule has 88 valence electrons. The fraction of sp³-hybridized carbons (Fsp3) is 0.200. The average Bonchev–Trinajstić information content (AvgIpc) is 2.83.